The molecule has 1 heterocycles. The lowest BCUT2D eigenvalue weighted by molar-refractivity contribution is -0.0658. The van der Waals surface area contributed by atoms with Crippen LogP contribution in [0.1, 0.15) is 45.4 Å². The van der Waals surface area contributed by atoms with Crippen molar-refractivity contribution in [1.29, 1.82) is 0 Å². The molecule has 17 heavy (non-hydrogen) atoms. The van der Waals surface area contributed by atoms with E-state index in [-0.39, 0.29) is 12.2 Å². The first-order valence-electron chi connectivity index (χ1n) is 6.75. The van der Waals surface area contributed by atoms with Crippen molar-refractivity contribution in [2.45, 2.75) is 51.6 Å². The van der Waals surface area contributed by atoms with Crippen LogP contribution in [-0.2, 0) is 4.74 Å². The third-order valence-corrected chi connectivity index (χ3v) is 4.14. The van der Waals surface area contributed by atoms with Crippen LogP contribution in [0, 0.1) is 5.41 Å². The van der Waals surface area contributed by atoms with Gasteiger partial charge in [-0.25, -0.2) is 4.79 Å². The summed E-state index contributed by atoms with van der Waals surface area (Å²) in [4.78, 5) is 13.5. The first-order valence-corrected chi connectivity index (χ1v) is 6.75. The lowest BCUT2D eigenvalue weighted by Crippen LogP contribution is -2.50. The first kappa shape index (κ1) is 12.7. The molecule has 2 rings (SSSR count). The molecule has 4 nitrogen and oxygen atoms in total. The summed E-state index contributed by atoms with van der Waals surface area (Å²) in [6, 6.07) is 0. The molecule has 2 aliphatic rings. The highest BCUT2D eigenvalue weighted by Gasteiger charge is 2.45. The van der Waals surface area contributed by atoms with E-state index in [1.165, 1.54) is 0 Å². The largest absolute Gasteiger partial charge is 0.449 e. The predicted molar refractivity (Wildman–Crippen MR) is 64.7 cm³/mol. The standard InChI is InChI=1S/C13H23NO3/c1-2-3-8-17-12(16)14-6-4-13(5-7-14)9-11(15)10-13/h11,15H,2-10H2,1H3. The molecule has 1 aliphatic carbocycles. The summed E-state index contributed by atoms with van der Waals surface area (Å²) in [5, 5.41) is 9.38. The molecule has 1 N–H and O–H groups in total. The molecule has 0 aromatic heterocycles. The summed E-state index contributed by atoms with van der Waals surface area (Å²) < 4.78 is 5.20. The van der Waals surface area contributed by atoms with Gasteiger partial charge in [-0.1, -0.05) is 13.3 Å². The number of carbonyl (C=O) groups is 1. The predicted octanol–water partition coefficient (Wildman–Crippen LogP) is 2.16. The lowest BCUT2D eigenvalue weighted by atomic mass is 9.61. The molecule has 1 spiro atoms. The number of carbonyl (C=O) groups excluding carboxylic acids is 1. The van der Waals surface area contributed by atoms with Gasteiger partial charge in [0.25, 0.3) is 0 Å². The Labute approximate surface area is 103 Å². The van der Waals surface area contributed by atoms with Gasteiger partial charge in [0.05, 0.1) is 12.7 Å². The van der Waals surface area contributed by atoms with Crippen molar-refractivity contribution in [3.05, 3.63) is 0 Å². The van der Waals surface area contributed by atoms with Gasteiger partial charge < -0.3 is 14.7 Å². The van der Waals surface area contributed by atoms with E-state index in [1.807, 2.05) is 4.90 Å². The van der Waals surface area contributed by atoms with Crippen molar-refractivity contribution < 1.29 is 14.6 Å². The summed E-state index contributed by atoms with van der Waals surface area (Å²) in [5.41, 5.74) is 0.333. The molecular weight excluding hydrogens is 218 g/mol. The van der Waals surface area contributed by atoms with Gasteiger partial charge in [-0.3, -0.25) is 0 Å². The Balaban J connectivity index is 1.69. The van der Waals surface area contributed by atoms with E-state index in [2.05, 4.69) is 6.92 Å². The second-order valence-electron chi connectivity index (χ2n) is 5.52. The summed E-state index contributed by atoms with van der Waals surface area (Å²) in [6.07, 6.45) is 5.62. The summed E-state index contributed by atoms with van der Waals surface area (Å²) >= 11 is 0. The van der Waals surface area contributed by atoms with E-state index in [4.69, 9.17) is 4.74 Å². The van der Waals surface area contributed by atoms with Crippen molar-refractivity contribution >= 4 is 6.09 Å². The fourth-order valence-corrected chi connectivity index (χ4v) is 2.91. The van der Waals surface area contributed by atoms with Gasteiger partial charge in [-0.15, -0.1) is 0 Å². The molecular formula is C13H23NO3. The minimum absolute atomic E-state index is 0.0990. The molecule has 1 amide bonds. The van der Waals surface area contributed by atoms with E-state index in [1.54, 1.807) is 0 Å². The minimum atomic E-state index is -0.159. The maximum Gasteiger partial charge on any atom is 0.409 e. The van der Waals surface area contributed by atoms with Crippen LogP contribution in [-0.4, -0.2) is 41.9 Å². The van der Waals surface area contributed by atoms with E-state index >= 15 is 0 Å². The third-order valence-electron chi connectivity index (χ3n) is 4.14. The number of unbranched alkanes of at least 4 members (excludes halogenated alkanes) is 1. The number of nitrogens with zero attached hydrogens (tertiary/aromatic N) is 1. The molecule has 2 fully saturated rings. The van der Waals surface area contributed by atoms with Crippen molar-refractivity contribution in [3.63, 3.8) is 0 Å². The van der Waals surface area contributed by atoms with Gasteiger partial charge in [0.15, 0.2) is 0 Å². The van der Waals surface area contributed by atoms with Crippen LogP contribution in [0.5, 0.6) is 0 Å². The Morgan fingerprint density at radius 3 is 2.59 bits per heavy atom. The fraction of sp³-hybridized carbons (Fsp3) is 0.923. The van der Waals surface area contributed by atoms with Crippen LogP contribution in [0.15, 0.2) is 0 Å². The zero-order chi connectivity index (χ0) is 12.3. The van der Waals surface area contributed by atoms with Crippen molar-refractivity contribution in [2.24, 2.45) is 5.41 Å². The first-order chi connectivity index (χ1) is 8.15. The normalized spacial score (nSPS) is 23.5. The van der Waals surface area contributed by atoms with Crippen molar-refractivity contribution in [2.75, 3.05) is 19.7 Å². The monoisotopic (exact) mass is 241 g/mol. The Bertz CT molecular complexity index is 264. The molecule has 0 atom stereocenters. The Kier molecular flexibility index (Phi) is 3.92. The number of likely N-dealkylation sites (tertiary alicyclic amines) is 1. The van der Waals surface area contributed by atoms with Crippen LogP contribution >= 0.6 is 0 Å². The smallest absolute Gasteiger partial charge is 0.409 e. The van der Waals surface area contributed by atoms with Gasteiger partial charge in [0.1, 0.15) is 0 Å². The molecule has 1 saturated heterocycles. The maximum absolute atomic E-state index is 11.7. The maximum atomic E-state index is 11.7. The lowest BCUT2D eigenvalue weighted by Gasteiger charge is -2.50. The SMILES string of the molecule is CCCCOC(=O)N1CCC2(CC1)CC(O)C2. The van der Waals surface area contributed by atoms with Crippen LogP contribution in [0.2, 0.25) is 0 Å². The Hall–Kier alpha value is -0.770. The van der Waals surface area contributed by atoms with Crippen LogP contribution < -0.4 is 0 Å². The van der Waals surface area contributed by atoms with E-state index in [0.717, 1.165) is 51.6 Å². The molecule has 0 aromatic carbocycles. The number of amides is 1. The average molecular weight is 241 g/mol. The molecule has 98 valence electrons. The summed E-state index contributed by atoms with van der Waals surface area (Å²) in [5.74, 6) is 0. The quantitative estimate of drug-likeness (QED) is 0.770. The number of aliphatic hydroxyl groups is 1. The molecule has 4 heteroatoms. The second kappa shape index (κ2) is 5.25. The number of hydrogen-bond donors (Lipinski definition) is 1. The molecule has 0 unspecified atom stereocenters. The highest BCUT2D eigenvalue weighted by atomic mass is 16.6. The topological polar surface area (TPSA) is 49.8 Å². The second-order valence-corrected chi connectivity index (χ2v) is 5.52. The molecule has 1 saturated carbocycles. The molecule has 0 aromatic rings. The van der Waals surface area contributed by atoms with Gasteiger partial charge in [-0.05, 0) is 37.5 Å². The Morgan fingerprint density at radius 1 is 1.41 bits per heavy atom. The number of hydrogen-bond acceptors (Lipinski definition) is 3. The van der Waals surface area contributed by atoms with Crippen LogP contribution in [0.3, 0.4) is 0 Å². The van der Waals surface area contributed by atoms with E-state index in [0.29, 0.717) is 12.0 Å². The fourth-order valence-electron chi connectivity index (χ4n) is 2.91. The van der Waals surface area contributed by atoms with E-state index in [9.17, 15) is 9.90 Å². The Morgan fingerprint density at radius 2 is 2.06 bits per heavy atom. The minimum Gasteiger partial charge on any atom is -0.449 e. The third kappa shape index (κ3) is 2.92. The van der Waals surface area contributed by atoms with Gasteiger partial charge in [-0.2, -0.15) is 0 Å². The average Bonchev–Trinajstić information content (AvgIpc) is 2.28. The van der Waals surface area contributed by atoms with Gasteiger partial charge >= 0.3 is 6.09 Å². The summed E-state index contributed by atoms with van der Waals surface area (Å²) in [6.45, 7) is 4.20. The highest BCUT2D eigenvalue weighted by molar-refractivity contribution is 5.67. The number of aliphatic hydroxyl groups excluding tert-OH is 1. The zero-order valence-corrected chi connectivity index (χ0v) is 10.7. The van der Waals surface area contributed by atoms with Crippen molar-refractivity contribution in [1.82, 2.24) is 4.90 Å². The summed E-state index contributed by atoms with van der Waals surface area (Å²) in [7, 11) is 0. The highest BCUT2D eigenvalue weighted by Crippen LogP contribution is 2.48. The molecule has 0 bridgehead atoms. The van der Waals surface area contributed by atoms with E-state index < -0.39 is 0 Å². The number of piperidine rings is 1. The molecule has 1 aliphatic heterocycles. The zero-order valence-electron chi connectivity index (χ0n) is 10.7. The van der Waals surface area contributed by atoms with Crippen LogP contribution in [0.4, 0.5) is 4.79 Å². The molecule has 0 radical (unpaired) electrons. The van der Waals surface area contributed by atoms with Gasteiger partial charge in [0, 0.05) is 13.1 Å². The number of rotatable bonds is 3. The van der Waals surface area contributed by atoms with Gasteiger partial charge in [0.2, 0.25) is 0 Å². The van der Waals surface area contributed by atoms with Crippen molar-refractivity contribution in [3.8, 4) is 0 Å². The number of ether oxygens (including phenoxy) is 1. The van der Waals surface area contributed by atoms with Crippen LogP contribution in [0.25, 0.3) is 0 Å².